The predicted molar refractivity (Wildman–Crippen MR) is 58.0 cm³/mol. The first-order valence-corrected chi connectivity index (χ1v) is 7.17. The van der Waals surface area contributed by atoms with E-state index < -0.39 is 57.1 Å². The normalized spacial score (nSPS) is 10.7. The molecule has 0 fully saturated rings. The molecule has 0 amide bonds. The summed E-state index contributed by atoms with van der Waals surface area (Å²) < 4.78 is 68.2. The molecule has 0 heterocycles. The Morgan fingerprint density at radius 1 is 0.750 bits per heavy atom. The van der Waals surface area contributed by atoms with E-state index in [1.807, 2.05) is 0 Å². The van der Waals surface area contributed by atoms with Crippen LogP contribution in [0.15, 0.2) is 0 Å². The monoisotopic (exact) mass is 432 g/mol. The van der Waals surface area contributed by atoms with E-state index in [4.69, 9.17) is 55.5 Å². The number of aliphatic hydroxyl groups is 1. The first kappa shape index (κ1) is 30.7. The number of carbonyl (C=O) groups is 3. The Hall–Kier alpha value is -1.18. The van der Waals surface area contributed by atoms with Gasteiger partial charge in [0.25, 0.3) is 0 Å². The summed E-state index contributed by atoms with van der Waals surface area (Å²) in [6.45, 7) is 0. The number of rotatable bonds is 5. The molecule has 0 aliphatic rings. The molecule has 0 aliphatic carbocycles. The molecule has 0 saturated carbocycles. The topological polar surface area (TPSA) is 293 Å². The number of carboxylic acids is 3. The van der Waals surface area contributed by atoms with E-state index >= 15 is 0 Å². The van der Waals surface area contributed by atoms with Gasteiger partial charge in [0, 0.05) is 20.8 Å². The van der Waals surface area contributed by atoms with Crippen molar-refractivity contribution in [2.75, 3.05) is 0 Å². The Balaban J connectivity index is -0.000000151. The van der Waals surface area contributed by atoms with Crippen molar-refractivity contribution < 1.29 is 91.6 Å². The summed E-state index contributed by atoms with van der Waals surface area (Å²) in [5.41, 5.74) is -2.74. The van der Waals surface area contributed by atoms with E-state index in [9.17, 15) is 14.4 Å². The van der Waals surface area contributed by atoms with Crippen molar-refractivity contribution in [3.8, 4) is 0 Å². The van der Waals surface area contributed by atoms with E-state index in [0.717, 1.165) is 0 Å². The summed E-state index contributed by atoms with van der Waals surface area (Å²) in [5.74, 6) is -5.02. The van der Waals surface area contributed by atoms with E-state index in [1.165, 1.54) is 0 Å². The van der Waals surface area contributed by atoms with Gasteiger partial charge in [0.1, 0.15) is 0 Å². The second-order valence-corrected chi connectivity index (χ2v) is 4.93. The molecule has 4 N–H and O–H groups in total. The minimum absolute atomic E-state index is 0. The summed E-state index contributed by atoms with van der Waals surface area (Å²) >= 11 is 0. The molecule has 0 bridgehead atoms. The van der Waals surface area contributed by atoms with Gasteiger partial charge in [-0.05, 0) is 0 Å². The van der Waals surface area contributed by atoms with Crippen LogP contribution in [0.1, 0.15) is 12.8 Å². The zero-order valence-corrected chi connectivity index (χ0v) is 14.2. The van der Waals surface area contributed by atoms with Crippen molar-refractivity contribution in [1.82, 2.24) is 0 Å². The van der Waals surface area contributed by atoms with Gasteiger partial charge in [-0.1, -0.05) is 0 Å². The van der Waals surface area contributed by atoms with Gasteiger partial charge in [-0.15, -0.1) is 0 Å². The molecule has 0 spiro atoms. The summed E-state index contributed by atoms with van der Waals surface area (Å²) in [7, 11) is -10.3. The van der Waals surface area contributed by atoms with Crippen LogP contribution in [0.5, 0.6) is 0 Å². The predicted octanol–water partition coefficient (Wildman–Crippen LogP) is -3.93. The van der Waals surface area contributed by atoms with Gasteiger partial charge in [0.2, 0.25) is 0 Å². The largest absolute Gasteiger partial charge is 4.00 e. The minimum atomic E-state index is -5.17. The fourth-order valence-corrected chi connectivity index (χ4v) is 0.714. The number of aliphatic carboxylic acids is 3. The smallest absolute Gasteiger partial charge is 0.759 e. The van der Waals surface area contributed by atoms with Crippen molar-refractivity contribution in [3.63, 3.8) is 0 Å². The average molecular weight is 432 g/mol. The Morgan fingerprint density at radius 3 is 1.00 bits per heavy atom. The van der Waals surface area contributed by atoms with Crippen molar-refractivity contribution in [1.29, 1.82) is 0 Å². The van der Waals surface area contributed by atoms with Crippen LogP contribution in [0.25, 0.3) is 0 Å². The third kappa shape index (κ3) is 37.2. The molecular weight excluding hydrogens is 424 g/mol. The van der Waals surface area contributed by atoms with Crippen LogP contribution in [0.2, 0.25) is 0 Å². The second-order valence-electron chi connectivity index (χ2n) is 3.29. The van der Waals surface area contributed by atoms with Crippen LogP contribution < -0.4 is 0 Å². The molecule has 138 valence electrons. The van der Waals surface area contributed by atoms with Crippen molar-refractivity contribution in [3.05, 3.63) is 0 Å². The first-order valence-electron chi connectivity index (χ1n) is 4.50. The molecule has 0 aromatic rings. The van der Waals surface area contributed by atoms with Crippen LogP contribution in [-0.4, -0.2) is 79.0 Å². The van der Waals surface area contributed by atoms with Gasteiger partial charge in [-0.25, -0.2) is 4.79 Å². The number of carboxylic acid groups (broad SMARTS) is 3. The molecular formula is C6H8O15S2Ti. The Bertz CT molecular complexity index is 556. The molecule has 0 radical (unpaired) electrons. The van der Waals surface area contributed by atoms with Crippen LogP contribution in [0, 0.1) is 0 Å². The third-order valence-electron chi connectivity index (χ3n) is 1.29. The van der Waals surface area contributed by atoms with Crippen molar-refractivity contribution in [2.45, 2.75) is 18.4 Å². The second kappa shape index (κ2) is 12.2. The average Bonchev–Trinajstić information content (AvgIpc) is 2.07. The Labute approximate surface area is 149 Å². The molecule has 0 aliphatic heterocycles. The van der Waals surface area contributed by atoms with Gasteiger partial charge in [-0.2, -0.15) is 0 Å². The fourth-order valence-electron chi connectivity index (χ4n) is 0.714. The summed E-state index contributed by atoms with van der Waals surface area (Å²) in [5, 5.41) is 33.8. The molecule has 18 heteroatoms. The molecule has 0 rings (SSSR count). The van der Waals surface area contributed by atoms with Crippen molar-refractivity contribution >= 4 is 38.7 Å². The van der Waals surface area contributed by atoms with E-state index in [2.05, 4.69) is 0 Å². The van der Waals surface area contributed by atoms with Gasteiger partial charge < -0.3 is 38.6 Å². The summed E-state index contributed by atoms with van der Waals surface area (Å²) in [6, 6.07) is 0. The maximum absolute atomic E-state index is 10.3. The Kier molecular flexibility index (Phi) is 15.6. The minimum Gasteiger partial charge on any atom is -0.759 e. The molecule has 15 nitrogen and oxygen atoms in total. The molecule has 24 heavy (non-hydrogen) atoms. The van der Waals surface area contributed by atoms with Gasteiger partial charge in [-0.3, -0.25) is 26.4 Å². The van der Waals surface area contributed by atoms with Crippen LogP contribution in [-0.2, 0) is 56.9 Å². The molecule has 0 aromatic heterocycles. The molecule has 0 atom stereocenters. The Morgan fingerprint density at radius 2 is 0.917 bits per heavy atom. The molecule has 0 aromatic carbocycles. The molecule has 0 saturated heterocycles. The van der Waals surface area contributed by atoms with Crippen LogP contribution >= 0.6 is 0 Å². The third-order valence-corrected chi connectivity index (χ3v) is 1.29. The van der Waals surface area contributed by atoms with E-state index in [1.54, 1.807) is 0 Å². The SMILES string of the molecule is O=C(O)CC(O)(CC(=O)O)C(=O)O.O=S(=O)([O-])[O-].O=S(=O)([O-])[O-].[Ti+4]. The van der Waals surface area contributed by atoms with Gasteiger partial charge in [0.15, 0.2) is 5.60 Å². The summed E-state index contributed by atoms with van der Waals surface area (Å²) in [6.07, 6.45) is -2.29. The standard InChI is InChI=1S/C6H8O7.2H2O4S.Ti/c7-3(8)1-6(13,5(11)12)2-4(9)10;2*1-5(2,3)4;/h13H,1-2H2,(H,7,8)(H,9,10)(H,11,12);2*(H2,1,2,3,4);/q;;;+4/p-4. The van der Waals surface area contributed by atoms with Crippen molar-refractivity contribution in [2.24, 2.45) is 0 Å². The van der Waals surface area contributed by atoms with E-state index in [-0.39, 0.29) is 21.7 Å². The maximum atomic E-state index is 10.3. The van der Waals surface area contributed by atoms with Gasteiger partial charge in [0.05, 0.1) is 12.8 Å². The van der Waals surface area contributed by atoms with E-state index in [0.29, 0.717) is 0 Å². The van der Waals surface area contributed by atoms with Crippen LogP contribution in [0.3, 0.4) is 0 Å². The molecule has 0 unspecified atom stereocenters. The number of hydrogen-bond donors (Lipinski definition) is 4. The fraction of sp³-hybridized carbons (Fsp3) is 0.500. The summed E-state index contributed by atoms with van der Waals surface area (Å²) in [4.78, 5) is 30.5. The zero-order valence-electron chi connectivity index (χ0n) is 11.0. The first-order chi connectivity index (χ1) is 9.78. The quantitative estimate of drug-likeness (QED) is 0.183. The zero-order chi connectivity index (χ0) is 19.6. The van der Waals surface area contributed by atoms with Gasteiger partial charge >= 0.3 is 39.6 Å². The van der Waals surface area contributed by atoms with Crippen LogP contribution in [0.4, 0.5) is 0 Å². The number of hydrogen-bond acceptors (Lipinski definition) is 12. The maximum Gasteiger partial charge on any atom is 4.00 e.